The van der Waals surface area contributed by atoms with Gasteiger partial charge in [-0.2, -0.15) is 0 Å². The largest absolute Gasteiger partial charge is 0.254 e. The Morgan fingerprint density at radius 3 is 1.90 bits per heavy atom. The number of nitrogens with zero attached hydrogens (tertiary/aromatic N) is 2. The fourth-order valence-corrected chi connectivity index (χ4v) is 0.903. The second-order valence-electron chi connectivity index (χ2n) is 2.30. The van der Waals surface area contributed by atoms with E-state index in [1.54, 1.807) is 0 Å². The van der Waals surface area contributed by atoms with E-state index in [9.17, 15) is 0 Å². The molecule has 0 aliphatic carbocycles. The van der Waals surface area contributed by atoms with Crippen LogP contribution in [0, 0.1) is 20.8 Å². The van der Waals surface area contributed by atoms with Gasteiger partial charge in [-0.15, -0.1) is 12.6 Å². The van der Waals surface area contributed by atoms with Crippen LogP contribution in [0.5, 0.6) is 0 Å². The molecule has 1 aromatic heterocycles. The lowest BCUT2D eigenvalue weighted by atomic mass is 10.3. The number of thiol groups is 1. The third-order valence-electron chi connectivity index (χ3n) is 1.46. The number of aryl methyl sites for hydroxylation is 3. The Balaban J connectivity index is 3.28. The van der Waals surface area contributed by atoms with Gasteiger partial charge in [-0.1, -0.05) is 0 Å². The van der Waals surface area contributed by atoms with Gasteiger partial charge in [-0.25, -0.2) is 4.98 Å². The summed E-state index contributed by atoms with van der Waals surface area (Å²) in [6.07, 6.45) is 0. The van der Waals surface area contributed by atoms with Crippen LogP contribution in [0.15, 0.2) is 5.03 Å². The zero-order valence-electron chi connectivity index (χ0n) is 6.34. The van der Waals surface area contributed by atoms with Crippen molar-refractivity contribution in [2.45, 2.75) is 25.8 Å². The quantitative estimate of drug-likeness (QED) is 0.575. The zero-order chi connectivity index (χ0) is 7.72. The summed E-state index contributed by atoms with van der Waals surface area (Å²) in [6.45, 7) is 5.78. The second kappa shape index (κ2) is 2.58. The molecule has 1 rings (SSSR count). The molecule has 10 heavy (non-hydrogen) atoms. The van der Waals surface area contributed by atoms with Gasteiger partial charge in [0.25, 0.3) is 0 Å². The highest BCUT2D eigenvalue weighted by atomic mass is 32.1. The minimum Gasteiger partial charge on any atom is -0.254 e. The van der Waals surface area contributed by atoms with Crippen LogP contribution in [0.25, 0.3) is 0 Å². The molecule has 0 unspecified atom stereocenters. The molecule has 2 nitrogen and oxygen atoms in total. The van der Waals surface area contributed by atoms with Crippen LogP contribution < -0.4 is 0 Å². The van der Waals surface area contributed by atoms with Gasteiger partial charge < -0.3 is 0 Å². The summed E-state index contributed by atoms with van der Waals surface area (Å²) in [6, 6.07) is 0. The van der Waals surface area contributed by atoms with E-state index in [1.165, 1.54) is 0 Å². The first-order chi connectivity index (χ1) is 4.61. The standard InChI is InChI=1S/C7H10N2S/c1-4-5(2)9-7(10)6(3)8-4/h1-3H3,(H,9,10). The van der Waals surface area contributed by atoms with Gasteiger partial charge in [0.05, 0.1) is 17.1 Å². The third kappa shape index (κ3) is 1.29. The van der Waals surface area contributed by atoms with Gasteiger partial charge in [-0.05, 0) is 20.8 Å². The van der Waals surface area contributed by atoms with Crippen molar-refractivity contribution in [2.75, 3.05) is 0 Å². The van der Waals surface area contributed by atoms with Crippen molar-refractivity contribution >= 4 is 12.6 Å². The van der Waals surface area contributed by atoms with Crippen LogP contribution in [-0.4, -0.2) is 9.97 Å². The number of hydrogen-bond donors (Lipinski definition) is 1. The average Bonchev–Trinajstić information content (AvgIpc) is 1.84. The summed E-state index contributed by atoms with van der Waals surface area (Å²) in [7, 11) is 0. The molecule has 0 aromatic carbocycles. The Morgan fingerprint density at radius 1 is 0.900 bits per heavy atom. The summed E-state index contributed by atoms with van der Waals surface area (Å²) in [5, 5.41) is 0.725. The highest BCUT2D eigenvalue weighted by molar-refractivity contribution is 7.80. The van der Waals surface area contributed by atoms with Crippen LogP contribution in [-0.2, 0) is 0 Å². The normalized spacial score (nSPS) is 10.0. The fraction of sp³-hybridized carbons (Fsp3) is 0.429. The second-order valence-corrected chi connectivity index (χ2v) is 2.73. The zero-order valence-corrected chi connectivity index (χ0v) is 7.24. The van der Waals surface area contributed by atoms with Gasteiger partial charge in [0.2, 0.25) is 0 Å². The van der Waals surface area contributed by atoms with Crippen LogP contribution >= 0.6 is 12.6 Å². The molecule has 0 atom stereocenters. The Bertz CT molecular complexity index is 208. The van der Waals surface area contributed by atoms with Gasteiger partial charge in [0.1, 0.15) is 5.03 Å². The number of rotatable bonds is 0. The summed E-state index contributed by atoms with van der Waals surface area (Å²) < 4.78 is 0. The van der Waals surface area contributed by atoms with Crippen LogP contribution in [0.4, 0.5) is 0 Å². The Kier molecular flexibility index (Phi) is 1.94. The lowest BCUT2D eigenvalue weighted by Gasteiger charge is -2.01. The Hall–Kier alpha value is -0.570. The monoisotopic (exact) mass is 154 g/mol. The molecule has 0 saturated carbocycles. The van der Waals surface area contributed by atoms with Crippen LogP contribution in [0.1, 0.15) is 17.1 Å². The molecule has 1 aromatic rings. The van der Waals surface area contributed by atoms with E-state index in [-0.39, 0.29) is 0 Å². The topological polar surface area (TPSA) is 25.8 Å². The predicted molar refractivity (Wildman–Crippen MR) is 43.5 cm³/mol. The molecule has 54 valence electrons. The van der Waals surface area contributed by atoms with Gasteiger partial charge in [0.15, 0.2) is 0 Å². The van der Waals surface area contributed by atoms with Crippen molar-refractivity contribution in [3.8, 4) is 0 Å². The molecular formula is C7H10N2S. The van der Waals surface area contributed by atoms with Crippen molar-refractivity contribution in [1.29, 1.82) is 0 Å². The van der Waals surface area contributed by atoms with Gasteiger partial charge in [-0.3, -0.25) is 4.98 Å². The first-order valence-electron chi connectivity index (χ1n) is 3.12. The smallest absolute Gasteiger partial charge is 0.115 e. The molecule has 0 bridgehead atoms. The highest BCUT2D eigenvalue weighted by Gasteiger charge is 1.99. The maximum Gasteiger partial charge on any atom is 0.115 e. The molecule has 0 spiro atoms. The summed E-state index contributed by atoms with van der Waals surface area (Å²) in [5.41, 5.74) is 2.83. The van der Waals surface area contributed by atoms with E-state index in [4.69, 9.17) is 0 Å². The maximum absolute atomic E-state index is 4.23. The van der Waals surface area contributed by atoms with E-state index in [2.05, 4.69) is 22.6 Å². The van der Waals surface area contributed by atoms with Crippen molar-refractivity contribution in [3.05, 3.63) is 17.1 Å². The molecule has 0 fully saturated rings. The highest BCUT2D eigenvalue weighted by Crippen LogP contribution is 2.09. The van der Waals surface area contributed by atoms with E-state index >= 15 is 0 Å². The molecule has 1 heterocycles. The van der Waals surface area contributed by atoms with Crippen molar-refractivity contribution in [1.82, 2.24) is 9.97 Å². The van der Waals surface area contributed by atoms with Crippen LogP contribution in [0.3, 0.4) is 0 Å². The lowest BCUT2D eigenvalue weighted by molar-refractivity contribution is 0.914. The van der Waals surface area contributed by atoms with Crippen molar-refractivity contribution in [2.24, 2.45) is 0 Å². The minimum atomic E-state index is 0.725. The SMILES string of the molecule is Cc1nc(C)c(S)nc1C. The predicted octanol–water partition coefficient (Wildman–Crippen LogP) is 1.69. The first-order valence-corrected chi connectivity index (χ1v) is 3.57. The molecular weight excluding hydrogens is 144 g/mol. The van der Waals surface area contributed by atoms with Gasteiger partial charge >= 0.3 is 0 Å². The fourth-order valence-electron chi connectivity index (χ4n) is 0.703. The summed E-state index contributed by atoms with van der Waals surface area (Å²) in [4.78, 5) is 8.41. The Morgan fingerprint density at radius 2 is 1.40 bits per heavy atom. The van der Waals surface area contributed by atoms with Crippen molar-refractivity contribution in [3.63, 3.8) is 0 Å². The molecule has 0 N–H and O–H groups in total. The molecule has 0 saturated heterocycles. The van der Waals surface area contributed by atoms with E-state index in [1.807, 2.05) is 20.8 Å². The third-order valence-corrected chi connectivity index (χ3v) is 1.88. The Labute approximate surface area is 66.1 Å². The number of hydrogen-bond acceptors (Lipinski definition) is 3. The summed E-state index contributed by atoms with van der Waals surface area (Å²) in [5.74, 6) is 0. The maximum atomic E-state index is 4.23. The van der Waals surface area contributed by atoms with E-state index in [0.717, 1.165) is 22.1 Å². The van der Waals surface area contributed by atoms with Crippen molar-refractivity contribution < 1.29 is 0 Å². The van der Waals surface area contributed by atoms with E-state index < -0.39 is 0 Å². The molecule has 0 aliphatic rings. The first kappa shape index (κ1) is 7.54. The van der Waals surface area contributed by atoms with E-state index in [0.29, 0.717) is 0 Å². The molecule has 0 aliphatic heterocycles. The number of aromatic nitrogens is 2. The lowest BCUT2D eigenvalue weighted by Crippen LogP contribution is -1.95. The molecule has 0 amide bonds. The average molecular weight is 154 g/mol. The molecule has 0 radical (unpaired) electrons. The van der Waals surface area contributed by atoms with Gasteiger partial charge in [0, 0.05) is 0 Å². The van der Waals surface area contributed by atoms with Crippen LogP contribution in [0.2, 0.25) is 0 Å². The molecule has 3 heteroatoms. The summed E-state index contributed by atoms with van der Waals surface area (Å²) >= 11 is 4.14. The minimum absolute atomic E-state index is 0.725.